The average Bonchev–Trinajstić information content (AvgIpc) is 2.73. The number of hydrogen-bond donors (Lipinski definition) is 0. The number of benzene rings is 2. The number of likely N-dealkylation sites (tertiary alicyclic amines) is 1. The molecule has 0 aliphatic carbocycles. The number of halogens is 3. The number of carbonyl (C=O) groups is 1. The molecule has 154 valence electrons. The molecule has 0 radical (unpaired) electrons. The van der Waals surface area contributed by atoms with E-state index in [1.165, 1.54) is 5.56 Å². The van der Waals surface area contributed by atoms with Gasteiger partial charge in [0, 0.05) is 26.2 Å². The van der Waals surface area contributed by atoms with Crippen molar-refractivity contribution in [3.8, 4) is 0 Å². The van der Waals surface area contributed by atoms with Crippen molar-refractivity contribution in [3.63, 3.8) is 0 Å². The van der Waals surface area contributed by atoms with Crippen LogP contribution in [0.25, 0.3) is 0 Å². The minimum Gasteiger partial charge on any atom is -0.325 e. The number of amides is 1. The summed E-state index contributed by atoms with van der Waals surface area (Å²) in [7, 11) is 0. The Bertz CT molecular complexity index is 858. The number of nitrogens with zero attached hydrogens (tertiary/aromatic N) is 2. The molecule has 1 amide bonds. The second-order valence-corrected chi connectivity index (χ2v) is 7.97. The monoisotopic (exact) mass is 402 g/mol. The molecule has 0 saturated carbocycles. The van der Waals surface area contributed by atoms with Gasteiger partial charge in [-0.05, 0) is 42.4 Å². The van der Waals surface area contributed by atoms with E-state index in [0.29, 0.717) is 32.4 Å². The van der Waals surface area contributed by atoms with Gasteiger partial charge in [0.2, 0.25) is 0 Å². The lowest BCUT2D eigenvalue weighted by Gasteiger charge is -2.52. The molecule has 0 N–H and O–H groups in total. The minimum atomic E-state index is -4.84. The molecule has 2 aliphatic heterocycles. The SMILES string of the molecule is O=C(N1CCc2ccccc2C12CCN(CCc1ccccc1)CC2)C(F)(F)F. The molecule has 0 unspecified atom stereocenters. The van der Waals surface area contributed by atoms with Gasteiger partial charge in [-0.25, -0.2) is 0 Å². The van der Waals surface area contributed by atoms with Gasteiger partial charge in [-0.3, -0.25) is 4.79 Å². The quantitative estimate of drug-likeness (QED) is 0.770. The zero-order valence-electron chi connectivity index (χ0n) is 16.3. The summed E-state index contributed by atoms with van der Waals surface area (Å²) in [5.41, 5.74) is 2.36. The molecule has 3 nitrogen and oxygen atoms in total. The van der Waals surface area contributed by atoms with Crippen molar-refractivity contribution in [2.45, 2.75) is 37.4 Å². The third-order valence-electron chi connectivity index (χ3n) is 6.37. The van der Waals surface area contributed by atoms with E-state index in [-0.39, 0.29) is 6.54 Å². The number of hydrogen-bond acceptors (Lipinski definition) is 2. The summed E-state index contributed by atoms with van der Waals surface area (Å²) in [6, 6.07) is 17.9. The molecule has 2 heterocycles. The van der Waals surface area contributed by atoms with Crippen LogP contribution in [-0.2, 0) is 23.2 Å². The highest BCUT2D eigenvalue weighted by molar-refractivity contribution is 5.83. The van der Waals surface area contributed by atoms with Crippen LogP contribution in [0.1, 0.15) is 29.5 Å². The fourth-order valence-corrected chi connectivity index (χ4v) is 4.85. The van der Waals surface area contributed by atoms with Crippen molar-refractivity contribution in [2.75, 3.05) is 26.2 Å². The van der Waals surface area contributed by atoms with Gasteiger partial charge < -0.3 is 9.80 Å². The van der Waals surface area contributed by atoms with Crippen LogP contribution in [0, 0.1) is 0 Å². The summed E-state index contributed by atoms with van der Waals surface area (Å²) in [6.45, 7) is 2.36. The number of carbonyl (C=O) groups excluding carboxylic acids is 1. The third kappa shape index (κ3) is 3.90. The number of alkyl halides is 3. The van der Waals surface area contributed by atoms with Gasteiger partial charge in [0.1, 0.15) is 0 Å². The molecule has 0 atom stereocenters. The van der Waals surface area contributed by atoms with Crippen LogP contribution in [0.15, 0.2) is 54.6 Å². The number of fused-ring (bicyclic) bond motifs is 2. The van der Waals surface area contributed by atoms with E-state index in [9.17, 15) is 18.0 Å². The largest absolute Gasteiger partial charge is 0.471 e. The van der Waals surface area contributed by atoms with Crippen LogP contribution in [0.5, 0.6) is 0 Å². The molecule has 2 aromatic carbocycles. The smallest absolute Gasteiger partial charge is 0.325 e. The molecule has 1 spiro atoms. The van der Waals surface area contributed by atoms with E-state index in [1.54, 1.807) is 0 Å². The normalized spacial score (nSPS) is 19.2. The Kier molecular flexibility index (Phi) is 5.38. The molecular weight excluding hydrogens is 377 g/mol. The predicted octanol–water partition coefficient (Wildman–Crippen LogP) is 4.17. The second-order valence-electron chi connectivity index (χ2n) is 7.97. The molecule has 0 bridgehead atoms. The lowest BCUT2D eigenvalue weighted by molar-refractivity contribution is -0.195. The van der Waals surface area contributed by atoms with Gasteiger partial charge >= 0.3 is 12.1 Å². The Morgan fingerprint density at radius 2 is 1.59 bits per heavy atom. The van der Waals surface area contributed by atoms with Crippen molar-refractivity contribution in [3.05, 3.63) is 71.3 Å². The molecule has 6 heteroatoms. The maximum Gasteiger partial charge on any atom is 0.471 e. The van der Waals surface area contributed by atoms with Gasteiger partial charge in [-0.2, -0.15) is 13.2 Å². The number of rotatable bonds is 3. The van der Waals surface area contributed by atoms with Crippen LogP contribution in [0.4, 0.5) is 13.2 Å². The summed E-state index contributed by atoms with van der Waals surface area (Å²) in [6.07, 6.45) is -2.40. The van der Waals surface area contributed by atoms with E-state index in [2.05, 4.69) is 17.0 Å². The van der Waals surface area contributed by atoms with Crippen molar-refractivity contribution in [1.29, 1.82) is 0 Å². The van der Waals surface area contributed by atoms with Gasteiger partial charge in [0.15, 0.2) is 0 Å². The van der Waals surface area contributed by atoms with E-state index in [0.717, 1.165) is 29.0 Å². The van der Waals surface area contributed by atoms with Crippen molar-refractivity contribution in [1.82, 2.24) is 9.80 Å². The first-order valence-electron chi connectivity index (χ1n) is 10.1. The Balaban J connectivity index is 1.54. The van der Waals surface area contributed by atoms with Crippen LogP contribution < -0.4 is 0 Å². The van der Waals surface area contributed by atoms with Gasteiger partial charge in [-0.1, -0.05) is 54.6 Å². The third-order valence-corrected chi connectivity index (χ3v) is 6.37. The molecule has 2 aromatic rings. The first-order chi connectivity index (χ1) is 13.9. The maximum atomic E-state index is 13.3. The second kappa shape index (κ2) is 7.82. The minimum absolute atomic E-state index is 0.124. The fraction of sp³-hybridized carbons (Fsp3) is 0.435. The molecule has 0 aromatic heterocycles. The van der Waals surface area contributed by atoms with Crippen molar-refractivity contribution < 1.29 is 18.0 Å². The Hall–Kier alpha value is -2.34. The van der Waals surface area contributed by atoms with Crippen LogP contribution >= 0.6 is 0 Å². The van der Waals surface area contributed by atoms with Gasteiger partial charge in [-0.15, -0.1) is 0 Å². The van der Waals surface area contributed by atoms with Crippen LogP contribution in [0.3, 0.4) is 0 Å². The zero-order chi connectivity index (χ0) is 20.5. The topological polar surface area (TPSA) is 23.6 Å². The van der Waals surface area contributed by atoms with Crippen molar-refractivity contribution >= 4 is 5.91 Å². The molecule has 4 rings (SSSR count). The molecule has 1 saturated heterocycles. The van der Waals surface area contributed by atoms with E-state index >= 15 is 0 Å². The average molecular weight is 402 g/mol. The standard InChI is InChI=1S/C23H25F3N2O/c24-23(25,26)21(29)28-15-11-19-8-4-5-9-20(19)22(28)12-16-27(17-13-22)14-10-18-6-2-1-3-7-18/h1-9H,10-17H2. The van der Waals surface area contributed by atoms with Gasteiger partial charge in [0.05, 0.1) is 5.54 Å². The zero-order valence-corrected chi connectivity index (χ0v) is 16.3. The Morgan fingerprint density at radius 3 is 2.28 bits per heavy atom. The maximum absolute atomic E-state index is 13.3. The van der Waals surface area contributed by atoms with E-state index in [1.807, 2.05) is 42.5 Å². The van der Waals surface area contributed by atoms with E-state index < -0.39 is 17.6 Å². The summed E-state index contributed by atoms with van der Waals surface area (Å²) >= 11 is 0. The highest BCUT2D eigenvalue weighted by atomic mass is 19.4. The molecular formula is C23H25F3N2O. The summed E-state index contributed by atoms with van der Waals surface area (Å²) in [4.78, 5) is 15.7. The van der Waals surface area contributed by atoms with Gasteiger partial charge in [0.25, 0.3) is 0 Å². The molecule has 29 heavy (non-hydrogen) atoms. The van der Waals surface area contributed by atoms with E-state index in [4.69, 9.17) is 0 Å². The lowest BCUT2D eigenvalue weighted by atomic mass is 9.74. The van der Waals surface area contributed by atoms with Crippen molar-refractivity contribution in [2.24, 2.45) is 0 Å². The predicted molar refractivity (Wildman–Crippen MR) is 105 cm³/mol. The Morgan fingerprint density at radius 1 is 0.931 bits per heavy atom. The fourth-order valence-electron chi connectivity index (χ4n) is 4.85. The first-order valence-corrected chi connectivity index (χ1v) is 10.1. The Labute approximate surface area is 169 Å². The first kappa shape index (κ1) is 20.0. The highest BCUT2D eigenvalue weighted by Crippen LogP contribution is 2.45. The highest BCUT2D eigenvalue weighted by Gasteiger charge is 2.53. The summed E-state index contributed by atoms with van der Waals surface area (Å²) in [5, 5.41) is 0. The molecule has 2 aliphatic rings. The molecule has 1 fully saturated rings. The van der Waals surface area contributed by atoms with Crippen LogP contribution in [0.2, 0.25) is 0 Å². The van der Waals surface area contributed by atoms with Crippen LogP contribution in [-0.4, -0.2) is 48.1 Å². The lowest BCUT2D eigenvalue weighted by Crippen LogP contribution is -2.60. The summed E-state index contributed by atoms with van der Waals surface area (Å²) in [5.74, 6) is -1.70. The number of piperidine rings is 1. The summed E-state index contributed by atoms with van der Waals surface area (Å²) < 4.78 is 40.0.